The average molecular weight is 291 g/mol. The van der Waals surface area contributed by atoms with E-state index in [-0.39, 0.29) is 6.10 Å². The van der Waals surface area contributed by atoms with Crippen LogP contribution in [0, 0.1) is 5.92 Å². The van der Waals surface area contributed by atoms with Crippen molar-refractivity contribution in [1.82, 2.24) is 5.32 Å². The summed E-state index contributed by atoms with van der Waals surface area (Å²) in [5.74, 6) is 3.25. The van der Waals surface area contributed by atoms with Gasteiger partial charge in [0, 0.05) is 12.1 Å². The van der Waals surface area contributed by atoms with Crippen LogP contribution in [0.25, 0.3) is 0 Å². The summed E-state index contributed by atoms with van der Waals surface area (Å²) < 4.78 is 17.1. The molecule has 1 aromatic rings. The van der Waals surface area contributed by atoms with E-state index in [1.165, 1.54) is 19.3 Å². The van der Waals surface area contributed by atoms with Gasteiger partial charge in [-0.15, -0.1) is 0 Å². The molecule has 4 nitrogen and oxygen atoms in total. The van der Waals surface area contributed by atoms with Crippen molar-refractivity contribution < 1.29 is 14.2 Å². The van der Waals surface area contributed by atoms with E-state index in [1.54, 1.807) is 0 Å². The van der Waals surface area contributed by atoms with Crippen LogP contribution in [0.1, 0.15) is 39.5 Å². The molecule has 1 aliphatic carbocycles. The van der Waals surface area contributed by atoms with Crippen LogP contribution in [0.5, 0.6) is 17.2 Å². The Morgan fingerprint density at radius 2 is 2.05 bits per heavy atom. The molecule has 0 aromatic heterocycles. The monoisotopic (exact) mass is 291 g/mol. The Balaban J connectivity index is 1.70. The molecule has 0 spiro atoms. The molecule has 2 aliphatic rings. The minimum atomic E-state index is 0.240. The predicted octanol–water partition coefficient (Wildman–Crippen LogP) is 3.35. The number of benzene rings is 1. The van der Waals surface area contributed by atoms with Crippen LogP contribution in [0.4, 0.5) is 0 Å². The summed E-state index contributed by atoms with van der Waals surface area (Å²) in [6.45, 7) is 5.72. The zero-order valence-electron chi connectivity index (χ0n) is 12.9. The number of nitrogens with one attached hydrogen (secondary N) is 1. The Morgan fingerprint density at radius 1 is 1.19 bits per heavy atom. The second-order valence-electron chi connectivity index (χ2n) is 5.92. The predicted molar refractivity (Wildman–Crippen MR) is 82.1 cm³/mol. The lowest BCUT2D eigenvalue weighted by atomic mass is 9.82. The molecule has 3 unspecified atom stereocenters. The number of fused-ring (bicyclic) bond motifs is 1. The van der Waals surface area contributed by atoms with Crippen molar-refractivity contribution in [3.63, 3.8) is 0 Å². The van der Waals surface area contributed by atoms with Gasteiger partial charge in [0.1, 0.15) is 11.9 Å². The lowest BCUT2D eigenvalue weighted by molar-refractivity contribution is 0.0854. The molecule has 1 heterocycles. The summed E-state index contributed by atoms with van der Waals surface area (Å²) in [6, 6.07) is 6.30. The summed E-state index contributed by atoms with van der Waals surface area (Å²) in [4.78, 5) is 0. The average Bonchev–Trinajstić information content (AvgIpc) is 2.97. The first-order valence-electron chi connectivity index (χ1n) is 8.09. The molecule has 0 amide bonds. The largest absolute Gasteiger partial charge is 0.489 e. The number of rotatable bonds is 5. The Kier molecular flexibility index (Phi) is 4.54. The maximum Gasteiger partial charge on any atom is 0.231 e. The van der Waals surface area contributed by atoms with Gasteiger partial charge < -0.3 is 19.5 Å². The molecule has 21 heavy (non-hydrogen) atoms. The fraction of sp³-hybridized carbons (Fsp3) is 0.647. The summed E-state index contributed by atoms with van der Waals surface area (Å²) >= 11 is 0. The first-order chi connectivity index (χ1) is 10.3. The highest BCUT2D eigenvalue weighted by Crippen LogP contribution is 2.37. The molecule has 3 rings (SSSR count). The van der Waals surface area contributed by atoms with Crippen LogP contribution in [0.3, 0.4) is 0 Å². The number of hydrogen-bond donors (Lipinski definition) is 1. The third-order valence-corrected chi connectivity index (χ3v) is 4.58. The number of hydrogen-bond acceptors (Lipinski definition) is 4. The maximum atomic E-state index is 6.28. The van der Waals surface area contributed by atoms with E-state index < -0.39 is 0 Å². The van der Waals surface area contributed by atoms with E-state index in [2.05, 4.69) is 19.2 Å². The normalized spacial score (nSPS) is 27.6. The maximum absolute atomic E-state index is 6.28. The van der Waals surface area contributed by atoms with Crippen LogP contribution in [-0.2, 0) is 0 Å². The van der Waals surface area contributed by atoms with Gasteiger partial charge in [-0.25, -0.2) is 0 Å². The molecule has 1 fully saturated rings. The summed E-state index contributed by atoms with van der Waals surface area (Å²) in [5.41, 5.74) is 0. The molecule has 1 aliphatic heterocycles. The van der Waals surface area contributed by atoms with Crippen LogP contribution in [0.2, 0.25) is 0 Å². The smallest absolute Gasteiger partial charge is 0.231 e. The van der Waals surface area contributed by atoms with Gasteiger partial charge in [0.15, 0.2) is 11.5 Å². The van der Waals surface area contributed by atoms with Crippen molar-refractivity contribution in [1.29, 1.82) is 0 Å². The third-order valence-electron chi connectivity index (χ3n) is 4.58. The van der Waals surface area contributed by atoms with E-state index in [0.717, 1.165) is 36.1 Å². The Bertz CT molecular complexity index is 477. The molecule has 0 saturated heterocycles. The molecular weight excluding hydrogens is 266 g/mol. The SMILES string of the molecule is CCNC1CCC(CC)CC1Oc1ccc2c(c1)OCO2. The molecule has 3 atom stereocenters. The summed E-state index contributed by atoms with van der Waals surface area (Å²) in [6.07, 6.45) is 5.10. The van der Waals surface area contributed by atoms with Gasteiger partial charge in [-0.1, -0.05) is 20.3 Å². The molecule has 116 valence electrons. The molecular formula is C17H25NO3. The minimum absolute atomic E-state index is 0.240. The number of ether oxygens (including phenoxy) is 3. The van der Waals surface area contributed by atoms with Crippen molar-refractivity contribution in [3.8, 4) is 17.2 Å². The minimum Gasteiger partial charge on any atom is -0.489 e. The lowest BCUT2D eigenvalue weighted by Gasteiger charge is -2.36. The summed E-state index contributed by atoms with van der Waals surface area (Å²) in [7, 11) is 0. The summed E-state index contributed by atoms with van der Waals surface area (Å²) in [5, 5.41) is 3.57. The van der Waals surface area contributed by atoms with E-state index in [4.69, 9.17) is 14.2 Å². The van der Waals surface area contributed by atoms with Gasteiger partial charge in [0.05, 0.1) is 0 Å². The van der Waals surface area contributed by atoms with Gasteiger partial charge in [0.25, 0.3) is 0 Å². The molecule has 0 bridgehead atoms. The highest BCUT2D eigenvalue weighted by molar-refractivity contribution is 5.46. The van der Waals surface area contributed by atoms with E-state index in [9.17, 15) is 0 Å². The van der Waals surface area contributed by atoms with E-state index >= 15 is 0 Å². The van der Waals surface area contributed by atoms with E-state index in [0.29, 0.717) is 12.8 Å². The highest BCUT2D eigenvalue weighted by atomic mass is 16.7. The van der Waals surface area contributed by atoms with Crippen molar-refractivity contribution in [2.75, 3.05) is 13.3 Å². The van der Waals surface area contributed by atoms with Crippen molar-refractivity contribution in [2.45, 2.75) is 51.7 Å². The lowest BCUT2D eigenvalue weighted by Crippen LogP contribution is -2.47. The van der Waals surface area contributed by atoms with Crippen molar-refractivity contribution in [3.05, 3.63) is 18.2 Å². The van der Waals surface area contributed by atoms with Gasteiger partial charge >= 0.3 is 0 Å². The first-order valence-corrected chi connectivity index (χ1v) is 8.09. The van der Waals surface area contributed by atoms with Crippen molar-refractivity contribution >= 4 is 0 Å². The fourth-order valence-corrected chi connectivity index (χ4v) is 3.33. The van der Waals surface area contributed by atoms with Crippen molar-refractivity contribution in [2.24, 2.45) is 5.92 Å². The Hall–Kier alpha value is -1.42. The third kappa shape index (κ3) is 3.26. The van der Waals surface area contributed by atoms with Crippen LogP contribution < -0.4 is 19.5 Å². The van der Waals surface area contributed by atoms with Crippen LogP contribution in [0.15, 0.2) is 18.2 Å². The quantitative estimate of drug-likeness (QED) is 0.903. The van der Waals surface area contributed by atoms with Gasteiger partial charge in [0.2, 0.25) is 6.79 Å². The standard InChI is InChI=1S/C17H25NO3/c1-3-12-5-7-14(18-4-2)16(9-12)21-13-6-8-15-17(10-13)20-11-19-15/h6,8,10,12,14,16,18H,3-5,7,9,11H2,1-2H3. The second-order valence-corrected chi connectivity index (χ2v) is 5.92. The highest BCUT2D eigenvalue weighted by Gasteiger charge is 2.31. The molecule has 0 radical (unpaired) electrons. The topological polar surface area (TPSA) is 39.7 Å². The number of likely N-dealkylation sites (N-methyl/N-ethyl adjacent to an activating group) is 1. The van der Waals surface area contributed by atoms with Gasteiger partial charge in [-0.05, 0) is 43.9 Å². The molecule has 4 heteroatoms. The van der Waals surface area contributed by atoms with E-state index in [1.807, 2.05) is 18.2 Å². The zero-order valence-corrected chi connectivity index (χ0v) is 12.9. The van der Waals surface area contributed by atoms with Gasteiger partial charge in [-0.3, -0.25) is 0 Å². The Labute approximate surface area is 126 Å². The molecule has 1 saturated carbocycles. The van der Waals surface area contributed by atoms with Gasteiger partial charge in [-0.2, -0.15) is 0 Å². The fourth-order valence-electron chi connectivity index (χ4n) is 3.33. The molecule has 1 N–H and O–H groups in total. The second kappa shape index (κ2) is 6.56. The molecule has 1 aromatic carbocycles. The van der Waals surface area contributed by atoms with Crippen LogP contribution >= 0.6 is 0 Å². The van der Waals surface area contributed by atoms with Crippen LogP contribution in [-0.4, -0.2) is 25.5 Å². The first kappa shape index (κ1) is 14.5. The zero-order chi connectivity index (χ0) is 14.7. The Morgan fingerprint density at radius 3 is 2.86 bits per heavy atom.